The van der Waals surface area contributed by atoms with Crippen molar-refractivity contribution >= 4 is 11.8 Å². The number of amides is 2. The third-order valence-corrected chi connectivity index (χ3v) is 4.55. The van der Waals surface area contributed by atoms with Crippen LogP contribution in [-0.4, -0.2) is 53.3 Å². The summed E-state index contributed by atoms with van der Waals surface area (Å²) >= 11 is 0. The van der Waals surface area contributed by atoms with Crippen molar-refractivity contribution in [1.29, 1.82) is 0 Å². The van der Waals surface area contributed by atoms with Crippen molar-refractivity contribution in [3.8, 4) is 0 Å². The second-order valence-electron chi connectivity index (χ2n) is 6.46. The molecule has 1 aromatic rings. The molecule has 1 saturated heterocycles. The minimum atomic E-state index is -0.615. The maximum absolute atomic E-state index is 12.6. The highest BCUT2D eigenvalue weighted by molar-refractivity contribution is 5.94. The van der Waals surface area contributed by atoms with Gasteiger partial charge in [-0.15, -0.1) is 0 Å². The molecule has 2 amide bonds. The van der Waals surface area contributed by atoms with Gasteiger partial charge in [0.1, 0.15) is 0 Å². The number of aryl methyl sites for hydroxylation is 1. The van der Waals surface area contributed by atoms with Crippen molar-refractivity contribution in [3.05, 3.63) is 35.4 Å². The Morgan fingerprint density at radius 2 is 1.77 bits per heavy atom. The minimum absolute atomic E-state index is 0.0480. The molecule has 0 atom stereocenters. The molecule has 0 radical (unpaired) electrons. The summed E-state index contributed by atoms with van der Waals surface area (Å²) in [6.45, 7) is 4.52. The number of hydrogen-bond acceptors (Lipinski definition) is 3. The molecule has 2 fully saturated rings. The van der Waals surface area contributed by atoms with Crippen LogP contribution in [0.2, 0.25) is 0 Å². The SMILES string of the molecule is Cc1cccc(C(=O)N2CCCN(C(=O)C3(N)CC3)CC2)c1. The predicted octanol–water partition coefficient (Wildman–Crippen LogP) is 1.16. The van der Waals surface area contributed by atoms with Crippen LogP contribution in [-0.2, 0) is 4.79 Å². The highest BCUT2D eigenvalue weighted by Gasteiger charge is 2.48. The van der Waals surface area contributed by atoms with E-state index in [1.807, 2.05) is 41.0 Å². The third kappa shape index (κ3) is 2.99. The summed E-state index contributed by atoms with van der Waals surface area (Å²) in [5.74, 6) is 0.101. The van der Waals surface area contributed by atoms with Crippen LogP contribution >= 0.6 is 0 Å². The van der Waals surface area contributed by atoms with Gasteiger partial charge in [0.05, 0.1) is 5.54 Å². The van der Waals surface area contributed by atoms with Gasteiger partial charge in [-0.25, -0.2) is 0 Å². The van der Waals surface area contributed by atoms with Crippen LogP contribution in [0.25, 0.3) is 0 Å². The molecule has 0 spiro atoms. The lowest BCUT2D eigenvalue weighted by atomic mass is 10.1. The number of rotatable bonds is 2. The van der Waals surface area contributed by atoms with E-state index in [9.17, 15) is 9.59 Å². The van der Waals surface area contributed by atoms with Crippen LogP contribution < -0.4 is 5.73 Å². The zero-order chi connectivity index (χ0) is 15.7. The van der Waals surface area contributed by atoms with Gasteiger partial charge in [-0.3, -0.25) is 9.59 Å². The largest absolute Gasteiger partial charge is 0.339 e. The standard InChI is InChI=1S/C17H23N3O2/c1-13-4-2-5-14(12-13)15(21)19-8-3-9-20(11-10-19)16(22)17(18)6-7-17/h2,4-5,12H,3,6-11,18H2,1H3. The smallest absolute Gasteiger partial charge is 0.253 e. The number of carbonyl (C=O) groups excluding carboxylic acids is 2. The van der Waals surface area contributed by atoms with E-state index in [4.69, 9.17) is 5.73 Å². The molecule has 1 aliphatic heterocycles. The first-order valence-electron chi connectivity index (χ1n) is 7.94. The van der Waals surface area contributed by atoms with E-state index >= 15 is 0 Å². The number of nitrogens with zero attached hydrogens (tertiary/aromatic N) is 2. The fourth-order valence-electron chi connectivity index (χ4n) is 2.95. The molecule has 0 aromatic heterocycles. The van der Waals surface area contributed by atoms with E-state index in [0.717, 1.165) is 30.4 Å². The Bertz CT molecular complexity index is 595. The Balaban J connectivity index is 1.65. The molecule has 1 heterocycles. The van der Waals surface area contributed by atoms with Crippen molar-refractivity contribution in [1.82, 2.24) is 9.80 Å². The fraction of sp³-hybridized carbons (Fsp3) is 0.529. The molecule has 1 saturated carbocycles. The van der Waals surface area contributed by atoms with Gasteiger partial charge in [-0.1, -0.05) is 17.7 Å². The van der Waals surface area contributed by atoms with E-state index in [-0.39, 0.29) is 11.8 Å². The Labute approximate surface area is 131 Å². The normalized spacial score (nSPS) is 20.5. The summed E-state index contributed by atoms with van der Waals surface area (Å²) in [5.41, 5.74) is 7.19. The monoisotopic (exact) mass is 301 g/mol. The lowest BCUT2D eigenvalue weighted by molar-refractivity contribution is -0.133. The van der Waals surface area contributed by atoms with Crippen LogP contribution in [0, 0.1) is 6.92 Å². The molecule has 118 valence electrons. The Hall–Kier alpha value is -1.88. The number of benzene rings is 1. The van der Waals surface area contributed by atoms with Gasteiger partial charge < -0.3 is 15.5 Å². The number of hydrogen-bond donors (Lipinski definition) is 1. The molecule has 0 unspecified atom stereocenters. The molecule has 1 aliphatic carbocycles. The second-order valence-corrected chi connectivity index (χ2v) is 6.46. The van der Waals surface area contributed by atoms with Crippen molar-refractivity contribution < 1.29 is 9.59 Å². The Morgan fingerprint density at radius 3 is 2.45 bits per heavy atom. The fourth-order valence-corrected chi connectivity index (χ4v) is 2.95. The van der Waals surface area contributed by atoms with E-state index < -0.39 is 5.54 Å². The van der Waals surface area contributed by atoms with E-state index in [2.05, 4.69) is 0 Å². The molecule has 22 heavy (non-hydrogen) atoms. The van der Waals surface area contributed by atoms with Gasteiger partial charge in [0.25, 0.3) is 5.91 Å². The zero-order valence-corrected chi connectivity index (χ0v) is 13.0. The average molecular weight is 301 g/mol. The zero-order valence-electron chi connectivity index (χ0n) is 13.0. The van der Waals surface area contributed by atoms with Gasteiger partial charge in [0, 0.05) is 31.7 Å². The summed E-state index contributed by atoms with van der Waals surface area (Å²) in [6, 6.07) is 7.65. The Morgan fingerprint density at radius 1 is 1.09 bits per heavy atom. The van der Waals surface area contributed by atoms with Gasteiger partial charge in [0.2, 0.25) is 5.91 Å². The van der Waals surface area contributed by atoms with Crippen molar-refractivity contribution in [2.45, 2.75) is 31.7 Å². The maximum atomic E-state index is 12.6. The molecule has 0 bridgehead atoms. The third-order valence-electron chi connectivity index (χ3n) is 4.55. The van der Waals surface area contributed by atoms with Crippen LogP contribution in [0.3, 0.4) is 0 Å². The first-order chi connectivity index (χ1) is 10.5. The molecule has 3 rings (SSSR count). The van der Waals surface area contributed by atoms with Crippen LogP contribution in [0.5, 0.6) is 0 Å². The molecular weight excluding hydrogens is 278 g/mol. The summed E-state index contributed by atoms with van der Waals surface area (Å²) < 4.78 is 0. The van der Waals surface area contributed by atoms with Gasteiger partial charge >= 0.3 is 0 Å². The van der Waals surface area contributed by atoms with Crippen LogP contribution in [0.1, 0.15) is 35.2 Å². The Kier molecular flexibility index (Phi) is 3.91. The van der Waals surface area contributed by atoms with Gasteiger partial charge in [0.15, 0.2) is 0 Å². The molecule has 5 heteroatoms. The summed E-state index contributed by atoms with van der Waals surface area (Å²) in [5, 5.41) is 0. The molecule has 1 aromatic carbocycles. The minimum Gasteiger partial charge on any atom is -0.339 e. The van der Waals surface area contributed by atoms with Crippen LogP contribution in [0.15, 0.2) is 24.3 Å². The molecule has 5 nitrogen and oxygen atoms in total. The first-order valence-corrected chi connectivity index (χ1v) is 7.94. The van der Waals surface area contributed by atoms with Crippen molar-refractivity contribution in [2.24, 2.45) is 5.73 Å². The number of carbonyl (C=O) groups is 2. The highest BCUT2D eigenvalue weighted by Crippen LogP contribution is 2.34. The summed E-state index contributed by atoms with van der Waals surface area (Å²) in [7, 11) is 0. The summed E-state index contributed by atoms with van der Waals surface area (Å²) in [4.78, 5) is 28.6. The van der Waals surface area contributed by atoms with Gasteiger partial charge in [-0.05, 0) is 38.3 Å². The van der Waals surface area contributed by atoms with E-state index in [1.54, 1.807) is 0 Å². The second kappa shape index (κ2) is 5.72. The number of nitrogens with two attached hydrogens (primary N) is 1. The molecule has 2 aliphatic rings. The van der Waals surface area contributed by atoms with E-state index in [1.165, 1.54) is 0 Å². The van der Waals surface area contributed by atoms with Gasteiger partial charge in [-0.2, -0.15) is 0 Å². The van der Waals surface area contributed by atoms with Crippen LogP contribution in [0.4, 0.5) is 0 Å². The summed E-state index contributed by atoms with van der Waals surface area (Å²) in [6.07, 6.45) is 2.38. The molecule has 2 N–H and O–H groups in total. The first kappa shape index (κ1) is 15.0. The van der Waals surface area contributed by atoms with E-state index in [0.29, 0.717) is 26.2 Å². The van der Waals surface area contributed by atoms with Crippen molar-refractivity contribution in [2.75, 3.05) is 26.2 Å². The lowest BCUT2D eigenvalue weighted by Gasteiger charge is -2.24. The predicted molar refractivity (Wildman–Crippen MR) is 84.4 cm³/mol. The average Bonchev–Trinajstić information content (AvgIpc) is 3.29. The van der Waals surface area contributed by atoms with Crippen molar-refractivity contribution in [3.63, 3.8) is 0 Å². The maximum Gasteiger partial charge on any atom is 0.253 e. The lowest BCUT2D eigenvalue weighted by Crippen LogP contribution is -2.47. The highest BCUT2D eigenvalue weighted by atomic mass is 16.2. The topological polar surface area (TPSA) is 66.6 Å². The quantitative estimate of drug-likeness (QED) is 0.891. The molecular formula is C17H23N3O2.